The normalized spacial score (nSPS) is 35.5. The predicted octanol–water partition coefficient (Wildman–Crippen LogP) is 0.626. The SMILES string of the molecule is CC1CC1CC(=O)N1CC(C)(O)C1. The molecule has 2 fully saturated rings. The number of carbonyl (C=O) groups is 1. The first-order valence-corrected chi connectivity index (χ1v) is 4.98. The average molecular weight is 183 g/mol. The molecule has 13 heavy (non-hydrogen) atoms. The third-order valence-corrected chi connectivity index (χ3v) is 3.13. The highest BCUT2D eigenvalue weighted by Gasteiger charge is 2.42. The van der Waals surface area contributed by atoms with Crippen molar-refractivity contribution in [1.29, 1.82) is 0 Å². The quantitative estimate of drug-likeness (QED) is 0.682. The number of aliphatic hydroxyl groups is 1. The summed E-state index contributed by atoms with van der Waals surface area (Å²) in [5.74, 6) is 1.59. The van der Waals surface area contributed by atoms with Crippen LogP contribution in [-0.2, 0) is 4.79 Å². The minimum Gasteiger partial charge on any atom is -0.386 e. The maximum absolute atomic E-state index is 11.5. The van der Waals surface area contributed by atoms with E-state index in [1.54, 1.807) is 11.8 Å². The standard InChI is InChI=1S/C10H17NO2/c1-7-3-8(7)4-9(12)11-5-10(2,13)6-11/h7-8,13H,3-6H2,1-2H3. The Morgan fingerprint density at radius 3 is 2.54 bits per heavy atom. The molecule has 0 aromatic heterocycles. The third kappa shape index (κ3) is 1.85. The topological polar surface area (TPSA) is 40.5 Å². The molecule has 3 heteroatoms. The smallest absolute Gasteiger partial charge is 0.223 e. The van der Waals surface area contributed by atoms with Crippen molar-refractivity contribution in [2.75, 3.05) is 13.1 Å². The number of hydrogen-bond acceptors (Lipinski definition) is 2. The lowest BCUT2D eigenvalue weighted by Gasteiger charge is -2.44. The molecular weight excluding hydrogens is 166 g/mol. The van der Waals surface area contributed by atoms with Gasteiger partial charge >= 0.3 is 0 Å². The zero-order valence-electron chi connectivity index (χ0n) is 8.29. The van der Waals surface area contributed by atoms with E-state index >= 15 is 0 Å². The molecule has 0 bridgehead atoms. The molecule has 1 aliphatic heterocycles. The van der Waals surface area contributed by atoms with Crippen LogP contribution >= 0.6 is 0 Å². The Morgan fingerprint density at radius 1 is 1.62 bits per heavy atom. The summed E-state index contributed by atoms with van der Waals surface area (Å²) < 4.78 is 0. The summed E-state index contributed by atoms with van der Waals surface area (Å²) in [5, 5.41) is 9.44. The molecule has 0 aromatic rings. The van der Waals surface area contributed by atoms with Gasteiger partial charge in [-0.1, -0.05) is 6.92 Å². The summed E-state index contributed by atoms with van der Waals surface area (Å²) in [4.78, 5) is 13.3. The molecule has 3 nitrogen and oxygen atoms in total. The van der Waals surface area contributed by atoms with Gasteiger partial charge in [0.05, 0.1) is 18.7 Å². The molecule has 1 amide bonds. The number of rotatable bonds is 2. The van der Waals surface area contributed by atoms with Crippen LogP contribution in [0.1, 0.15) is 26.7 Å². The Balaban J connectivity index is 1.74. The summed E-state index contributed by atoms with van der Waals surface area (Å²) in [5.41, 5.74) is -0.620. The molecule has 1 N–H and O–H groups in total. The van der Waals surface area contributed by atoms with Crippen LogP contribution in [0, 0.1) is 11.8 Å². The fraction of sp³-hybridized carbons (Fsp3) is 0.900. The van der Waals surface area contributed by atoms with Gasteiger partial charge in [0.2, 0.25) is 5.91 Å². The average Bonchev–Trinajstić information content (AvgIpc) is 2.61. The van der Waals surface area contributed by atoms with Crippen LogP contribution in [0.15, 0.2) is 0 Å². The van der Waals surface area contributed by atoms with Gasteiger partial charge in [-0.05, 0) is 25.2 Å². The van der Waals surface area contributed by atoms with Gasteiger partial charge in [-0.3, -0.25) is 4.79 Å². The summed E-state index contributed by atoms with van der Waals surface area (Å²) in [6.45, 7) is 5.00. The summed E-state index contributed by atoms with van der Waals surface area (Å²) in [7, 11) is 0. The van der Waals surface area contributed by atoms with E-state index in [-0.39, 0.29) is 5.91 Å². The molecule has 2 rings (SSSR count). The van der Waals surface area contributed by atoms with E-state index in [0.29, 0.717) is 25.4 Å². The van der Waals surface area contributed by atoms with E-state index in [1.807, 2.05) is 0 Å². The molecule has 0 aromatic carbocycles. The van der Waals surface area contributed by atoms with Crippen molar-refractivity contribution < 1.29 is 9.90 Å². The lowest BCUT2D eigenvalue weighted by Crippen LogP contribution is -2.61. The largest absolute Gasteiger partial charge is 0.386 e. The number of amides is 1. The van der Waals surface area contributed by atoms with Crippen LogP contribution in [0.5, 0.6) is 0 Å². The second kappa shape index (κ2) is 2.71. The molecule has 1 heterocycles. The van der Waals surface area contributed by atoms with Crippen LogP contribution in [-0.4, -0.2) is 34.6 Å². The van der Waals surface area contributed by atoms with Gasteiger partial charge in [0.25, 0.3) is 0 Å². The fourth-order valence-electron chi connectivity index (χ4n) is 1.99. The van der Waals surface area contributed by atoms with Crippen molar-refractivity contribution >= 4 is 5.91 Å². The highest BCUT2D eigenvalue weighted by atomic mass is 16.3. The molecule has 0 radical (unpaired) electrons. The summed E-state index contributed by atoms with van der Waals surface area (Å²) in [6, 6.07) is 0. The van der Waals surface area contributed by atoms with Crippen LogP contribution < -0.4 is 0 Å². The maximum Gasteiger partial charge on any atom is 0.223 e. The van der Waals surface area contributed by atoms with Gasteiger partial charge in [0, 0.05) is 6.42 Å². The van der Waals surface area contributed by atoms with Crippen molar-refractivity contribution in [3.63, 3.8) is 0 Å². The Bertz CT molecular complexity index is 229. The number of β-amino-alcohol motifs (C(OH)–C–C–N with tert-alkyl or cyclic N) is 1. The lowest BCUT2D eigenvalue weighted by molar-refractivity contribution is -0.152. The van der Waals surface area contributed by atoms with E-state index < -0.39 is 5.60 Å². The van der Waals surface area contributed by atoms with E-state index in [9.17, 15) is 9.90 Å². The molecule has 74 valence electrons. The molecule has 0 spiro atoms. The maximum atomic E-state index is 11.5. The monoisotopic (exact) mass is 183 g/mol. The van der Waals surface area contributed by atoms with E-state index in [1.165, 1.54) is 6.42 Å². The van der Waals surface area contributed by atoms with E-state index in [2.05, 4.69) is 6.92 Å². The molecule has 1 saturated heterocycles. The van der Waals surface area contributed by atoms with E-state index in [0.717, 1.165) is 5.92 Å². The van der Waals surface area contributed by atoms with Gasteiger partial charge in [0.15, 0.2) is 0 Å². The molecular formula is C10H17NO2. The minimum atomic E-state index is -0.620. The van der Waals surface area contributed by atoms with Gasteiger partial charge in [-0.15, -0.1) is 0 Å². The Morgan fingerprint density at radius 2 is 2.15 bits per heavy atom. The van der Waals surface area contributed by atoms with Gasteiger partial charge in [0.1, 0.15) is 0 Å². The molecule has 2 unspecified atom stereocenters. The zero-order chi connectivity index (χ0) is 9.64. The third-order valence-electron chi connectivity index (χ3n) is 3.13. The zero-order valence-corrected chi connectivity index (χ0v) is 8.29. The van der Waals surface area contributed by atoms with Crippen molar-refractivity contribution in [3.05, 3.63) is 0 Å². The van der Waals surface area contributed by atoms with Crippen molar-refractivity contribution in [1.82, 2.24) is 4.90 Å². The van der Waals surface area contributed by atoms with Crippen LogP contribution in [0.2, 0.25) is 0 Å². The molecule has 1 aliphatic carbocycles. The summed E-state index contributed by atoms with van der Waals surface area (Å²) in [6.07, 6.45) is 1.90. The van der Waals surface area contributed by atoms with E-state index in [4.69, 9.17) is 0 Å². The molecule has 1 saturated carbocycles. The van der Waals surface area contributed by atoms with Crippen molar-refractivity contribution in [3.8, 4) is 0 Å². The Labute approximate surface area is 78.7 Å². The van der Waals surface area contributed by atoms with Crippen LogP contribution in [0.25, 0.3) is 0 Å². The van der Waals surface area contributed by atoms with Crippen LogP contribution in [0.3, 0.4) is 0 Å². The molecule has 2 aliphatic rings. The second-order valence-corrected chi connectivity index (χ2v) is 4.92. The lowest BCUT2D eigenvalue weighted by atomic mass is 9.96. The van der Waals surface area contributed by atoms with Crippen LogP contribution in [0.4, 0.5) is 0 Å². The Hall–Kier alpha value is -0.570. The summed E-state index contributed by atoms with van der Waals surface area (Å²) >= 11 is 0. The van der Waals surface area contributed by atoms with Crippen molar-refractivity contribution in [2.45, 2.75) is 32.3 Å². The van der Waals surface area contributed by atoms with Gasteiger partial charge in [-0.25, -0.2) is 0 Å². The fourth-order valence-corrected chi connectivity index (χ4v) is 1.99. The van der Waals surface area contributed by atoms with Crippen molar-refractivity contribution in [2.24, 2.45) is 11.8 Å². The predicted molar refractivity (Wildman–Crippen MR) is 49.1 cm³/mol. The number of carbonyl (C=O) groups excluding carboxylic acids is 1. The first-order valence-electron chi connectivity index (χ1n) is 4.98. The molecule has 2 atom stereocenters. The highest BCUT2D eigenvalue weighted by molar-refractivity contribution is 5.78. The second-order valence-electron chi connectivity index (χ2n) is 4.92. The minimum absolute atomic E-state index is 0.223. The Kier molecular flexibility index (Phi) is 1.88. The number of hydrogen-bond donors (Lipinski definition) is 1. The first-order chi connectivity index (χ1) is 5.98. The number of likely N-dealkylation sites (tertiary alicyclic amines) is 1. The van der Waals surface area contributed by atoms with Gasteiger partial charge < -0.3 is 10.0 Å². The highest BCUT2D eigenvalue weighted by Crippen LogP contribution is 2.41. The first kappa shape index (κ1) is 9.00. The number of nitrogens with zero attached hydrogens (tertiary/aromatic N) is 1. The van der Waals surface area contributed by atoms with Gasteiger partial charge in [-0.2, -0.15) is 0 Å².